The van der Waals surface area contributed by atoms with Crippen LogP contribution >= 0.6 is 46.7 Å². The van der Waals surface area contributed by atoms with Gasteiger partial charge in [-0.15, -0.1) is 12.8 Å². The highest BCUT2D eigenvalue weighted by Gasteiger charge is 2.23. The first-order chi connectivity index (χ1) is 22.2. The molecule has 2 unspecified atom stereocenters. The Morgan fingerprint density at radius 1 is 0.674 bits per heavy atom. The van der Waals surface area contributed by atoms with E-state index in [0.717, 1.165) is 22.9 Å². The summed E-state index contributed by atoms with van der Waals surface area (Å²) in [4.78, 5) is 23.3. The molecule has 0 saturated carbocycles. The van der Waals surface area contributed by atoms with Crippen LogP contribution in [0.2, 0.25) is 10.0 Å². The highest BCUT2D eigenvalue weighted by molar-refractivity contribution is 7.99. The quantitative estimate of drug-likeness (QED) is 0.128. The van der Waals surface area contributed by atoms with Gasteiger partial charge in [0.25, 0.3) is 0 Å². The minimum Gasteiger partial charge on any atom is -0.473 e. The number of carboxylic acids is 2. The maximum atomic E-state index is 9.10. The van der Waals surface area contributed by atoms with E-state index >= 15 is 0 Å². The maximum absolute atomic E-state index is 9.10. The standard InChI is InChI=1S/2C17H14ClNS.C2H2O4/c2*1-2-9-19-15-10-12-5-3-4-6-16(12)20-17-8-7-13(18)11-14(15)17;3-1(4)2(5)6/h2*1,3-8,11,15,19H,9-10H2;(H,3,4)(H,5,6). The van der Waals surface area contributed by atoms with E-state index in [4.69, 9.17) is 55.9 Å². The molecule has 46 heavy (non-hydrogen) atoms. The number of hydrogen-bond acceptors (Lipinski definition) is 6. The summed E-state index contributed by atoms with van der Waals surface area (Å²) in [5, 5.41) is 23.2. The second-order valence-electron chi connectivity index (χ2n) is 10.1. The molecule has 0 aliphatic carbocycles. The van der Waals surface area contributed by atoms with E-state index in [-0.39, 0.29) is 12.1 Å². The Balaban J connectivity index is 0.000000178. The van der Waals surface area contributed by atoms with Crippen molar-refractivity contribution in [2.75, 3.05) is 13.1 Å². The lowest BCUT2D eigenvalue weighted by Gasteiger charge is -2.18. The zero-order chi connectivity index (χ0) is 33.1. The van der Waals surface area contributed by atoms with Crippen LogP contribution in [0.15, 0.2) is 105 Å². The van der Waals surface area contributed by atoms with E-state index in [1.54, 1.807) is 23.5 Å². The average molecular weight is 690 g/mol. The number of aliphatic carboxylic acids is 2. The molecule has 0 amide bonds. The van der Waals surface area contributed by atoms with Gasteiger partial charge in [0.2, 0.25) is 0 Å². The van der Waals surface area contributed by atoms with Gasteiger partial charge in [0.1, 0.15) is 0 Å². The molecular formula is C36H30Cl2N2O4S2. The Kier molecular flexibility index (Phi) is 13.1. The van der Waals surface area contributed by atoms with Crippen LogP contribution in [0, 0.1) is 24.7 Å². The summed E-state index contributed by atoms with van der Waals surface area (Å²) in [6.45, 7) is 1.12. The van der Waals surface area contributed by atoms with Crippen LogP contribution in [0.5, 0.6) is 0 Å². The predicted molar refractivity (Wildman–Crippen MR) is 186 cm³/mol. The fourth-order valence-electron chi connectivity index (χ4n) is 4.94. The SMILES string of the molecule is C#CCNC1Cc2ccccc2Sc2ccc(Cl)cc21.C#CCNC1Cc2ccccc2Sc2ccc(Cl)cc21.O=C(O)C(=O)O. The third-order valence-electron chi connectivity index (χ3n) is 7.01. The first-order valence-corrected chi connectivity index (χ1v) is 16.5. The van der Waals surface area contributed by atoms with Crippen molar-refractivity contribution in [2.24, 2.45) is 0 Å². The van der Waals surface area contributed by atoms with E-state index < -0.39 is 11.9 Å². The number of hydrogen-bond donors (Lipinski definition) is 4. The summed E-state index contributed by atoms with van der Waals surface area (Å²) in [6, 6.07) is 29.6. The smallest absolute Gasteiger partial charge is 0.414 e. The highest BCUT2D eigenvalue weighted by atomic mass is 35.5. The first kappa shape index (κ1) is 35.0. The van der Waals surface area contributed by atoms with Gasteiger partial charge in [-0.3, -0.25) is 10.6 Å². The molecule has 6 rings (SSSR count). The van der Waals surface area contributed by atoms with Gasteiger partial charge in [0.05, 0.1) is 13.1 Å². The summed E-state index contributed by atoms with van der Waals surface area (Å²) >= 11 is 15.9. The molecule has 4 aromatic carbocycles. The lowest BCUT2D eigenvalue weighted by molar-refractivity contribution is -0.159. The fourth-order valence-corrected chi connectivity index (χ4v) is 7.54. The summed E-state index contributed by atoms with van der Waals surface area (Å²) in [5.74, 6) is 1.66. The molecular weight excluding hydrogens is 659 g/mol. The van der Waals surface area contributed by atoms with Crippen molar-refractivity contribution in [3.8, 4) is 24.7 Å². The molecule has 2 aliphatic rings. The molecule has 10 heteroatoms. The Morgan fingerprint density at radius 2 is 1.07 bits per heavy atom. The summed E-state index contributed by atoms with van der Waals surface area (Å²) in [6.07, 6.45) is 12.6. The van der Waals surface area contributed by atoms with Crippen LogP contribution in [0.4, 0.5) is 0 Å². The molecule has 2 aliphatic heterocycles. The van der Waals surface area contributed by atoms with Crippen LogP contribution in [-0.2, 0) is 22.4 Å². The van der Waals surface area contributed by atoms with Crippen molar-refractivity contribution in [2.45, 2.75) is 44.5 Å². The molecule has 234 valence electrons. The van der Waals surface area contributed by atoms with Gasteiger partial charge in [-0.1, -0.05) is 95.0 Å². The van der Waals surface area contributed by atoms with Crippen molar-refractivity contribution in [1.29, 1.82) is 0 Å². The van der Waals surface area contributed by atoms with Crippen LogP contribution in [0.3, 0.4) is 0 Å². The fraction of sp³-hybridized carbons (Fsp3) is 0.167. The Morgan fingerprint density at radius 3 is 1.43 bits per heavy atom. The second kappa shape index (κ2) is 17.2. The van der Waals surface area contributed by atoms with Crippen LogP contribution in [0.1, 0.15) is 34.3 Å². The number of fused-ring (bicyclic) bond motifs is 4. The van der Waals surface area contributed by atoms with Gasteiger partial charge in [-0.05, 0) is 83.6 Å². The lowest BCUT2D eigenvalue weighted by atomic mass is 9.99. The largest absolute Gasteiger partial charge is 0.473 e. The third-order valence-corrected chi connectivity index (χ3v) is 9.90. The van der Waals surface area contributed by atoms with E-state index in [2.05, 4.69) is 83.1 Å². The van der Waals surface area contributed by atoms with Gasteiger partial charge in [0.15, 0.2) is 0 Å². The van der Waals surface area contributed by atoms with Crippen molar-refractivity contribution < 1.29 is 19.8 Å². The summed E-state index contributed by atoms with van der Waals surface area (Å²) in [5.41, 5.74) is 5.15. The van der Waals surface area contributed by atoms with E-state index in [1.165, 1.54) is 41.8 Å². The zero-order valence-corrected chi connectivity index (χ0v) is 27.6. The number of carbonyl (C=O) groups is 2. The number of carboxylic acid groups (broad SMARTS) is 2. The number of halogens is 2. The predicted octanol–water partition coefficient (Wildman–Crippen LogP) is 7.78. The summed E-state index contributed by atoms with van der Waals surface area (Å²) < 4.78 is 0. The van der Waals surface area contributed by atoms with E-state index in [0.29, 0.717) is 13.1 Å². The molecule has 0 aromatic heterocycles. The minimum atomic E-state index is -1.82. The number of terminal acetylenes is 2. The van der Waals surface area contributed by atoms with Crippen molar-refractivity contribution in [3.63, 3.8) is 0 Å². The first-order valence-electron chi connectivity index (χ1n) is 14.1. The molecule has 4 aromatic rings. The van der Waals surface area contributed by atoms with E-state index in [9.17, 15) is 0 Å². The minimum absolute atomic E-state index is 0.205. The Labute approximate surface area is 287 Å². The molecule has 0 bridgehead atoms. The van der Waals surface area contributed by atoms with Crippen molar-refractivity contribution in [3.05, 3.63) is 117 Å². The zero-order valence-electron chi connectivity index (χ0n) is 24.5. The lowest BCUT2D eigenvalue weighted by Crippen LogP contribution is -2.23. The monoisotopic (exact) mass is 688 g/mol. The van der Waals surface area contributed by atoms with Gasteiger partial charge in [-0.25, -0.2) is 9.59 Å². The van der Waals surface area contributed by atoms with Crippen molar-refractivity contribution >= 4 is 58.7 Å². The number of nitrogens with one attached hydrogen (secondary N) is 2. The molecule has 4 N–H and O–H groups in total. The van der Waals surface area contributed by atoms with Crippen molar-refractivity contribution in [1.82, 2.24) is 10.6 Å². The molecule has 0 spiro atoms. The molecule has 6 nitrogen and oxygen atoms in total. The second-order valence-corrected chi connectivity index (χ2v) is 13.1. The topological polar surface area (TPSA) is 98.7 Å². The molecule has 0 fully saturated rings. The van der Waals surface area contributed by atoms with Gasteiger partial charge >= 0.3 is 11.9 Å². The molecule has 2 atom stereocenters. The Bertz CT molecular complexity index is 1670. The number of benzene rings is 4. The van der Waals surface area contributed by atoms with Gasteiger partial charge in [0, 0.05) is 41.7 Å². The van der Waals surface area contributed by atoms with Crippen LogP contribution in [-0.4, -0.2) is 35.2 Å². The third kappa shape index (κ3) is 9.57. The van der Waals surface area contributed by atoms with Gasteiger partial charge < -0.3 is 10.2 Å². The average Bonchev–Trinajstić information content (AvgIpc) is 3.30. The van der Waals surface area contributed by atoms with E-state index in [1.807, 2.05) is 24.3 Å². The van der Waals surface area contributed by atoms with Crippen LogP contribution in [0.25, 0.3) is 0 Å². The Hall–Kier alpha value is -3.86. The van der Waals surface area contributed by atoms with Gasteiger partial charge in [-0.2, -0.15) is 0 Å². The molecule has 0 saturated heterocycles. The highest BCUT2D eigenvalue weighted by Crippen LogP contribution is 2.42. The molecule has 0 radical (unpaired) electrons. The maximum Gasteiger partial charge on any atom is 0.414 e. The normalized spacial score (nSPS) is 15.5. The summed E-state index contributed by atoms with van der Waals surface area (Å²) in [7, 11) is 0. The van der Waals surface area contributed by atoms with Crippen LogP contribution < -0.4 is 10.6 Å². The molecule has 2 heterocycles. The number of rotatable bonds is 4.